The van der Waals surface area contributed by atoms with Gasteiger partial charge in [-0.1, -0.05) is 60.4 Å². The summed E-state index contributed by atoms with van der Waals surface area (Å²) < 4.78 is 0.523. The number of nitrogens with one attached hydrogen (secondary N) is 1. The van der Waals surface area contributed by atoms with E-state index < -0.39 is 0 Å². The first-order chi connectivity index (χ1) is 11.7. The van der Waals surface area contributed by atoms with Crippen LogP contribution in [-0.2, 0) is 17.8 Å². The summed E-state index contributed by atoms with van der Waals surface area (Å²) in [5, 5.41) is 2.64. The largest absolute Gasteiger partial charge is 0.367 e. The Bertz CT molecular complexity index is 843. The lowest BCUT2D eigenvalue weighted by Crippen LogP contribution is -2.30. The van der Waals surface area contributed by atoms with Gasteiger partial charge < -0.3 is 10.2 Å². The number of thioether (sulfide) groups is 1. The van der Waals surface area contributed by atoms with Crippen molar-refractivity contribution >= 4 is 46.0 Å². The van der Waals surface area contributed by atoms with Crippen molar-refractivity contribution in [2.45, 2.75) is 13.0 Å². The predicted molar refractivity (Wildman–Crippen MR) is 104 cm³/mol. The third-order valence-electron chi connectivity index (χ3n) is 4.33. The van der Waals surface area contributed by atoms with Gasteiger partial charge in [0, 0.05) is 18.8 Å². The molecule has 0 saturated carbocycles. The van der Waals surface area contributed by atoms with Gasteiger partial charge in [-0.2, -0.15) is 0 Å². The number of nitrogens with zero attached hydrogens (tertiary/aromatic N) is 1. The van der Waals surface area contributed by atoms with Gasteiger partial charge in [0.25, 0.3) is 5.91 Å². The second-order valence-electron chi connectivity index (χ2n) is 5.88. The van der Waals surface area contributed by atoms with Crippen molar-refractivity contribution in [3.05, 3.63) is 70.1 Å². The zero-order chi connectivity index (χ0) is 16.5. The van der Waals surface area contributed by atoms with Gasteiger partial charge in [-0.05, 0) is 41.3 Å². The van der Waals surface area contributed by atoms with E-state index in [9.17, 15) is 4.79 Å². The summed E-state index contributed by atoms with van der Waals surface area (Å²) in [5.41, 5.74) is 5.09. The molecule has 1 N–H and O–H groups in total. The summed E-state index contributed by atoms with van der Waals surface area (Å²) >= 11 is 6.33. The van der Waals surface area contributed by atoms with E-state index in [4.69, 9.17) is 12.2 Å². The summed E-state index contributed by atoms with van der Waals surface area (Å²) in [6.07, 6.45) is 2.96. The van der Waals surface area contributed by atoms with Gasteiger partial charge in [0.05, 0.1) is 4.91 Å². The molecule has 24 heavy (non-hydrogen) atoms. The highest BCUT2D eigenvalue weighted by Crippen LogP contribution is 2.28. The van der Waals surface area contributed by atoms with Gasteiger partial charge in [-0.25, -0.2) is 0 Å². The molecule has 0 aromatic heterocycles. The number of anilines is 1. The second kappa shape index (κ2) is 6.42. The number of amides is 1. The Morgan fingerprint density at radius 1 is 1.08 bits per heavy atom. The molecule has 1 saturated heterocycles. The molecular weight excluding hydrogens is 336 g/mol. The number of hydrogen-bond acceptors (Lipinski definition) is 4. The maximum atomic E-state index is 11.7. The first-order valence-corrected chi connectivity index (χ1v) is 9.08. The SMILES string of the molecule is O=C1NC(=S)SC1=Cc1ccc(N2CCc3ccccc3C2)cc1. The Labute approximate surface area is 150 Å². The van der Waals surface area contributed by atoms with Gasteiger partial charge in [0.2, 0.25) is 0 Å². The van der Waals surface area contributed by atoms with Crippen LogP contribution in [0.25, 0.3) is 6.08 Å². The molecule has 0 unspecified atom stereocenters. The number of carbonyl (C=O) groups excluding carboxylic acids is 1. The molecule has 120 valence electrons. The maximum Gasteiger partial charge on any atom is 0.263 e. The van der Waals surface area contributed by atoms with Crippen molar-refractivity contribution in [2.24, 2.45) is 0 Å². The number of rotatable bonds is 2. The summed E-state index contributed by atoms with van der Waals surface area (Å²) in [7, 11) is 0. The molecule has 2 aromatic carbocycles. The lowest BCUT2D eigenvalue weighted by molar-refractivity contribution is -0.115. The van der Waals surface area contributed by atoms with E-state index in [1.165, 1.54) is 28.6 Å². The van der Waals surface area contributed by atoms with Crippen LogP contribution in [0.2, 0.25) is 0 Å². The van der Waals surface area contributed by atoms with Crippen molar-refractivity contribution in [1.82, 2.24) is 5.32 Å². The fraction of sp³-hybridized carbons (Fsp3) is 0.158. The van der Waals surface area contributed by atoms with E-state index in [0.717, 1.165) is 25.1 Å². The van der Waals surface area contributed by atoms with Crippen LogP contribution in [0.5, 0.6) is 0 Å². The van der Waals surface area contributed by atoms with Gasteiger partial charge in [0.1, 0.15) is 4.32 Å². The molecule has 5 heteroatoms. The Morgan fingerprint density at radius 2 is 1.83 bits per heavy atom. The van der Waals surface area contributed by atoms with Crippen LogP contribution in [-0.4, -0.2) is 16.8 Å². The Morgan fingerprint density at radius 3 is 2.54 bits per heavy atom. The first kappa shape index (κ1) is 15.4. The minimum atomic E-state index is -0.110. The van der Waals surface area contributed by atoms with E-state index in [2.05, 4.69) is 58.7 Å². The van der Waals surface area contributed by atoms with Crippen molar-refractivity contribution in [3.8, 4) is 0 Å². The summed E-state index contributed by atoms with van der Waals surface area (Å²) in [6.45, 7) is 1.98. The number of thiocarbonyl (C=S) groups is 1. The fourth-order valence-corrected chi connectivity index (χ4v) is 4.11. The van der Waals surface area contributed by atoms with E-state index in [-0.39, 0.29) is 5.91 Å². The topological polar surface area (TPSA) is 32.3 Å². The number of fused-ring (bicyclic) bond motifs is 1. The third kappa shape index (κ3) is 3.09. The third-order valence-corrected chi connectivity index (χ3v) is 5.49. The molecule has 4 rings (SSSR count). The van der Waals surface area contributed by atoms with Gasteiger partial charge >= 0.3 is 0 Å². The zero-order valence-corrected chi connectivity index (χ0v) is 14.6. The summed E-state index contributed by atoms with van der Waals surface area (Å²) in [4.78, 5) is 14.8. The average Bonchev–Trinajstić information content (AvgIpc) is 2.92. The quantitative estimate of drug-likeness (QED) is 0.659. The van der Waals surface area contributed by atoms with E-state index in [1.807, 2.05) is 6.08 Å². The van der Waals surface area contributed by atoms with Crippen LogP contribution in [0.4, 0.5) is 5.69 Å². The van der Waals surface area contributed by atoms with Crippen LogP contribution < -0.4 is 10.2 Å². The normalized spacial score (nSPS) is 18.7. The number of carbonyl (C=O) groups is 1. The minimum Gasteiger partial charge on any atom is -0.367 e. The molecule has 0 aliphatic carbocycles. The van der Waals surface area contributed by atoms with E-state index in [0.29, 0.717) is 9.23 Å². The van der Waals surface area contributed by atoms with E-state index >= 15 is 0 Å². The molecule has 3 nitrogen and oxygen atoms in total. The highest BCUT2D eigenvalue weighted by Gasteiger charge is 2.22. The molecule has 0 spiro atoms. The van der Waals surface area contributed by atoms with E-state index in [1.54, 1.807) is 0 Å². The molecule has 2 heterocycles. The van der Waals surface area contributed by atoms with Gasteiger partial charge in [-0.3, -0.25) is 4.79 Å². The molecular formula is C19H16N2OS2. The first-order valence-electron chi connectivity index (χ1n) is 7.86. The number of hydrogen-bond donors (Lipinski definition) is 1. The maximum absolute atomic E-state index is 11.7. The molecule has 2 aromatic rings. The summed E-state index contributed by atoms with van der Waals surface area (Å²) in [5.74, 6) is -0.110. The van der Waals surface area contributed by atoms with Crippen molar-refractivity contribution in [3.63, 3.8) is 0 Å². The second-order valence-corrected chi connectivity index (χ2v) is 7.60. The average molecular weight is 352 g/mol. The highest BCUT2D eigenvalue weighted by molar-refractivity contribution is 8.26. The lowest BCUT2D eigenvalue weighted by Gasteiger charge is -2.30. The van der Waals surface area contributed by atoms with Crippen molar-refractivity contribution < 1.29 is 4.79 Å². The van der Waals surface area contributed by atoms with Crippen LogP contribution in [0.15, 0.2) is 53.4 Å². The molecule has 0 atom stereocenters. The Balaban J connectivity index is 1.52. The van der Waals surface area contributed by atoms with Crippen LogP contribution in [0.1, 0.15) is 16.7 Å². The van der Waals surface area contributed by atoms with Gasteiger partial charge in [0.15, 0.2) is 0 Å². The van der Waals surface area contributed by atoms with Crippen molar-refractivity contribution in [2.75, 3.05) is 11.4 Å². The molecule has 0 bridgehead atoms. The van der Waals surface area contributed by atoms with Gasteiger partial charge in [-0.15, -0.1) is 0 Å². The van der Waals surface area contributed by atoms with Crippen molar-refractivity contribution in [1.29, 1.82) is 0 Å². The summed E-state index contributed by atoms with van der Waals surface area (Å²) in [6, 6.07) is 17.0. The minimum absolute atomic E-state index is 0.110. The van der Waals surface area contributed by atoms with Crippen LogP contribution in [0.3, 0.4) is 0 Å². The smallest absolute Gasteiger partial charge is 0.263 e. The predicted octanol–water partition coefficient (Wildman–Crippen LogP) is 3.74. The molecule has 1 fully saturated rings. The Hall–Kier alpha value is -2.11. The zero-order valence-electron chi connectivity index (χ0n) is 13.0. The standard InChI is InChI=1S/C19H16N2OS2/c22-18-17(24-19(23)20-18)11-13-5-7-16(8-6-13)21-10-9-14-3-1-2-4-15(14)12-21/h1-8,11H,9-10,12H2,(H,20,22,23). The molecule has 2 aliphatic rings. The Kier molecular flexibility index (Phi) is 4.12. The van der Waals surface area contributed by atoms with Crippen LogP contribution in [0, 0.1) is 0 Å². The molecule has 0 radical (unpaired) electrons. The molecule has 1 amide bonds. The molecule has 2 aliphatic heterocycles. The lowest BCUT2D eigenvalue weighted by atomic mass is 9.99. The fourth-order valence-electron chi connectivity index (χ4n) is 3.07. The highest BCUT2D eigenvalue weighted by atomic mass is 32.2. The monoisotopic (exact) mass is 352 g/mol. The van der Waals surface area contributed by atoms with Crippen LogP contribution >= 0.6 is 24.0 Å². The number of benzene rings is 2.